The zero-order chi connectivity index (χ0) is 14.0. The number of hydrogen-bond acceptors (Lipinski definition) is 4. The van der Waals surface area contributed by atoms with Crippen molar-refractivity contribution in [2.45, 2.75) is 11.4 Å². The van der Waals surface area contributed by atoms with Crippen LogP contribution >= 0.6 is 22.9 Å². The van der Waals surface area contributed by atoms with E-state index in [-0.39, 0.29) is 12.2 Å². The molecule has 0 unspecified atom stereocenters. The summed E-state index contributed by atoms with van der Waals surface area (Å²) in [4.78, 5) is 0.271. The van der Waals surface area contributed by atoms with E-state index in [0.717, 1.165) is 17.0 Å². The number of nitrogens with one attached hydrogen (secondary N) is 1. The van der Waals surface area contributed by atoms with E-state index in [1.54, 1.807) is 12.1 Å². The zero-order valence-corrected chi connectivity index (χ0v) is 11.9. The molecule has 1 heterocycles. The van der Waals surface area contributed by atoms with E-state index in [1.807, 2.05) is 0 Å². The van der Waals surface area contributed by atoms with Crippen LogP contribution in [0.5, 0.6) is 0 Å². The van der Waals surface area contributed by atoms with Gasteiger partial charge in [-0.15, -0.1) is 11.3 Å². The number of nitrogens with two attached hydrogens (primary N) is 1. The van der Waals surface area contributed by atoms with Crippen LogP contribution in [0.1, 0.15) is 4.88 Å². The lowest BCUT2D eigenvalue weighted by Crippen LogP contribution is -2.23. The maximum absolute atomic E-state index is 13.5. The molecular formula is C11H10ClFN2O2S2. The highest BCUT2D eigenvalue weighted by Gasteiger charge is 2.19. The lowest BCUT2D eigenvalue weighted by molar-refractivity contribution is 0.557. The van der Waals surface area contributed by atoms with Gasteiger partial charge in [-0.25, -0.2) is 17.5 Å². The first-order valence-corrected chi connectivity index (χ1v) is 7.85. The largest absolute Gasteiger partial charge is 0.399 e. The Hall–Kier alpha value is -1.15. The lowest BCUT2D eigenvalue weighted by atomic mass is 10.3. The summed E-state index contributed by atoms with van der Waals surface area (Å²) in [5.41, 5.74) is 5.64. The first-order chi connectivity index (χ1) is 8.88. The molecule has 19 heavy (non-hydrogen) atoms. The van der Waals surface area contributed by atoms with Crippen molar-refractivity contribution in [1.29, 1.82) is 0 Å². The summed E-state index contributed by atoms with van der Waals surface area (Å²) < 4.78 is 40.3. The van der Waals surface area contributed by atoms with Gasteiger partial charge >= 0.3 is 0 Å². The molecule has 0 spiro atoms. The maximum Gasteiger partial charge on any atom is 0.243 e. The first kappa shape index (κ1) is 14.3. The highest BCUT2D eigenvalue weighted by molar-refractivity contribution is 7.89. The minimum Gasteiger partial charge on any atom is -0.399 e. The van der Waals surface area contributed by atoms with Crippen molar-refractivity contribution >= 4 is 38.6 Å². The molecule has 0 bridgehead atoms. The van der Waals surface area contributed by atoms with Gasteiger partial charge < -0.3 is 5.73 Å². The summed E-state index contributed by atoms with van der Waals surface area (Å²) in [5, 5.41) is 0. The van der Waals surface area contributed by atoms with Crippen molar-refractivity contribution in [3.8, 4) is 0 Å². The second kappa shape index (κ2) is 5.46. The minimum absolute atomic E-state index is 0.0496. The number of thiophene rings is 1. The van der Waals surface area contributed by atoms with Crippen LogP contribution in [-0.4, -0.2) is 8.42 Å². The zero-order valence-electron chi connectivity index (χ0n) is 9.56. The topological polar surface area (TPSA) is 72.2 Å². The normalized spacial score (nSPS) is 11.7. The van der Waals surface area contributed by atoms with Gasteiger partial charge in [0.2, 0.25) is 10.0 Å². The van der Waals surface area contributed by atoms with Crippen LogP contribution < -0.4 is 10.5 Å². The molecule has 0 aliphatic rings. The fraction of sp³-hybridized carbons (Fsp3) is 0.0909. The van der Waals surface area contributed by atoms with Gasteiger partial charge in [0, 0.05) is 17.1 Å². The van der Waals surface area contributed by atoms with Crippen LogP contribution in [0.2, 0.25) is 4.34 Å². The highest BCUT2D eigenvalue weighted by atomic mass is 35.5. The van der Waals surface area contributed by atoms with Crippen molar-refractivity contribution in [1.82, 2.24) is 4.72 Å². The quantitative estimate of drug-likeness (QED) is 0.851. The van der Waals surface area contributed by atoms with Crippen LogP contribution in [0.25, 0.3) is 0 Å². The summed E-state index contributed by atoms with van der Waals surface area (Å²) in [6, 6.07) is 6.76. The van der Waals surface area contributed by atoms with Gasteiger partial charge in [-0.3, -0.25) is 0 Å². The number of rotatable bonds is 4. The molecule has 0 aliphatic heterocycles. The molecule has 0 saturated heterocycles. The number of anilines is 1. The maximum atomic E-state index is 13.5. The third kappa shape index (κ3) is 3.44. The molecule has 102 valence electrons. The standard InChI is InChI=1S/C11H10ClFN2O2S2/c12-11-4-2-8(18-11)6-15-19(16,17)10-5-7(14)1-3-9(10)13/h1-5,15H,6,14H2. The molecule has 4 nitrogen and oxygen atoms in total. The SMILES string of the molecule is Nc1ccc(F)c(S(=O)(=O)NCc2ccc(Cl)s2)c1. The molecule has 1 aromatic carbocycles. The van der Waals surface area contributed by atoms with Crippen LogP contribution in [-0.2, 0) is 16.6 Å². The van der Waals surface area contributed by atoms with E-state index >= 15 is 0 Å². The van der Waals surface area contributed by atoms with Gasteiger partial charge in [-0.1, -0.05) is 11.6 Å². The number of sulfonamides is 1. The van der Waals surface area contributed by atoms with Crippen LogP contribution in [0.4, 0.5) is 10.1 Å². The number of halogens is 2. The van der Waals surface area contributed by atoms with E-state index < -0.39 is 20.7 Å². The number of nitrogen functional groups attached to an aromatic ring is 1. The van der Waals surface area contributed by atoms with Crippen molar-refractivity contribution < 1.29 is 12.8 Å². The van der Waals surface area contributed by atoms with Crippen LogP contribution in [0.15, 0.2) is 35.2 Å². The third-order valence-electron chi connectivity index (χ3n) is 2.31. The second-order valence-corrected chi connectivity index (χ2v) is 7.26. The van der Waals surface area contributed by atoms with Gasteiger partial charge in [0.25, 0.3) is 0 Å². The predicted octanol–water partition coefficient (Wildman–Crippen LogP) is 2.60. The Morgan fingerprint density at radius 3 is 2.68 bits per heavy atom. The van der Waals surface area contributed by atoms with Crippen LogP contribution in [0, 0.1) is 5.82 Å². The summed E-state index contributed by atoms with van der Waals surface area (Å²) >= 11 is 6.99. The summed E-state index contributed by atoms with van der Waals surface area (Å²) in [7, 11) is -3.94. The smallest absolute Gasteiger partial charge is 0.243 e. The molecule has 2 rings (SSSR count). The average Bonchev–Trinajstić information content (AvgIpc) is 2.76. The average molecular weight is 321 g/mol. The lowest BCUT2D eigenvalue weighted by Gasteiger charge is -2.07. The van der Waals surface area contributed by atoms with E-state index in [9.17, 15) is 12.8 Å². The van der Waals surface area contributed by atoms with Gasteiger partial charge in [-0.2, -0.15) is 0 Å². The molecule has 8 heteroatoms. The Morgan fingerprint density at radius 1 is 1.32 bits per heavy atom. The fourth-order valence-electron chi connectivity index (χ4n) is 1.42. The van der Waals surface area contributed by atoms with E-state index in [4.69, 9.17) is 17.3 Å². The monoisotopic (exact) mass is 320 g/mol. The summed E-state index contributed by atoms with van der Waals surface area (Å²) in [5.74, 6) is -0.842. The summed E-state index contributed by atoms with van der Waals surface area (Å²) in [6.45, 7) is 0.0496. The number of hydrogen-bond donors (Lipinski definition) is 2. The van der Waals surface area contributed by atoms with Gasteiger partial charge in [0.05, 0.1) is 4.34 Å². The molecular weight excluding hydrogens is 311 g/mol. The predicted molar refractivity (Wildman–Crippen MR) is 74.2 cm³/mol. The van der Waals surface area contributed by atoms with Crippen LogP contribution in [0.3, 0.4) is 0 Å². The Morgan fingerprint density at radius 2 is 2.05 bits per heavy atom. The van der Waals surface area contributed by atoms with Crippen molar-refractivity contribution in [2.75, 3.05) is 5.73 Å². The molecule has 0 aliphatic carbocycles. The molecule has 0 fully saturated rings. The highest BCUT2D eigenvalue weighted by Crippen LogP contribution is 2.22. The first-order valence-electron chi connectivity index (χ1n) is 5.17. The van der Waals surface area contributed by atoms with Crippen molar-refractivity contribution in [2.24, 2.45) is 0 Å². The van der Waals surface area contributed by atoms with Gasteiger partial charge in [0.1, 0.15) is 10.7 Å². The Labute approximate surface area is 119 Å². The number of benzene rings is 1. The minimum atomic E-state index is -3.94. The molecule has 2 aromatic rings. The van der Waals surface area contributed by atoms with E-state index in [1.165, 1.54) is 17.4 Å². The van der Waals surface area contributed by atoms with E-state index in [0.29, 0.717) is 4.34 Å². The Bertz CT molecular complexity index is 700. The molecule has 3 N–H and O–H groups in total. The van der Waals surface area contributed by atoms with E-state index in [2.05, 4.69) is 4.72 Å². The van der Waals surface area contributed by atoms with Gasteiger partial charge in [-0.05, 0) is 30.3 Å². The van der Waals surface area contributed by atoms with Gasteiger partial charge in [0.15, 0.2) is 0 Å². The molecule has 0 radical (unpaired) electrons. The van der Waals surface area contributed by atoms with Crippen molar-refractivity contribution in [3.63, 3.8) is 0 Å². The third-order valence-corrected chi connectivity index (χ3v) is 4.96. The Balaban J connectivity index is 2.20. The fourth-order valence-corrected chi connectivity index (χ4v) is 3.65. The van der Waals surface area contributed by atoms with Crippen molar-refractivity contribution in [3.05, 3.63) is 45.4 Å². The second-order valence-electron chi connectivity index (χ2n) is 3.72. The molecule has 1 aromatic heterocycles. The molecule has 0 amide bonds. The summed E-state index contributed by atoms with van der Waals surface area (Å²) in [6.07, 6.45) is 0. The molecule has 0 saturated carbocycles. The molecule has 0 atom stereocenters. The Kier molecular flexibility index (Phi) is 4.10.